The number of carbonyl (C=O) groups excluding carboxylic acids is 1. The van der Waals surface area contributed by atoms with Gasteiger partial charge in [-0.1, -0.05) is 35.7 Å². The maximum atomic E-state index is 13.0. The molecule has 31 heavy (non-hydrogen) atoms. The number of aromatic nitrogens is 1. The zero-order chi connectivity index (χ0) is 22.3. The Labute approximate surface area is 197 Å². The summed E-state index contributed by atoms with van der Waals surface area (Å²) in [6.07, 6.45) is 3.83. The number of carbonyl (C=O) groups is 1. The number of benzene rings is 1. The van der Waals surface area contributed by atoms with Gasteiger partial charge in [-0.25, -0.2) is 0 Å². The molecule has 3 heterocycles. The average Bonchev–Trinajstić information content (AvgIpc) is 3.38. The lowest BCUT2D eigenvalue weighted by Gasteiger charge is -2.18. The molecule has 2 aliphatic rings. The topological polar surface area (TPSA) is 54.8 Å². The van der Waals surface area contributed by atoms with E-state index < -0.39 is 0 Å². The smallest absolute Gasteiger partial charge is 0.269 e. The van der Waals surface area contributed by atoms with Crippen molar-refractivity contribution in [3.8, 4) is 5.75 Å². The molecular weight excluding hydrogens is 471 g/mol. The number of hydrogen-bond acceptors (Lipinski definition) is 8. The fraction of sp³-hybridized carbons (Fsp3) is 0.286. The quantitative estimate of drug-likeness (QED) is 0.610. The summed E-state index contributed by atoms with van der Waals surface area (Å²) in [5.41, 5.74) is 1.01. The van der Waals surface area contributed by atoms with Gasteiger partial charge in [0.25, 0.3) is 11.5 Å². The first-order valence-corrected chi connectivity index (χ1v) is 12.5. The number of fused-ring (bicyclic) bond motifs is 1. The van der Waals surface area contributed by atoms with Crippen molar-refractivity contribution < 1.29 is 9.53 Å². The Balaban J connectivity index is 1.80. The minimum Gasteiger partial charge on any atom is -0.497 e. The van der Waals surface area contributed by atoms with Gasteiger partial charge in [0.05, 0.1) is 22.4 Å². The standard InChI is InChI=1S/C21H21N3O3S4/c1-5-23-13-11-12(27-4)7-8-14(13)29-16(23)10-9-15-18(25)24(6-2)20(30-15)17-19(26)22(3)21(28)31-17/h7-11H,5-6H2,1-4H3/b15-9?,16-10+,20-17?. The van der Waals surface area contributed by atoms with E-state index in [4.69, 9.17) is 17.0 Å². The molecule has 0 spiro atoms. The van der Waals surface area contributed by atoms with Gasteiger partial charge in [-0.3, -0.25) is 19.1 Å². The van der Waals surface area contributed by atoms with Gasteiger partial charge in [-0.2, -0.15) is 0 Å². The van der Waals surface area contributed by atoms with Crippen LogP contribution in [0.3, 0.4) is 0 Å². The minimum atomic E-state index is -0.156. The second-order valence-electron chi connectivity index (χ2n) is 6.73. The highest BCUT2D eigenvalue weighted by molar-refractivity contribution is 8.30. The molecule has 0 saturated carbocycles. The predicted molar refractivity (Wildman–Crippen MR) is 134 cm³/mol. The Morgan fingerprint density at radius 1 is 1.13 bits per heavy atom. The lowest BCUT2D eigenvalue weighted by Crippen LogP contribution is -2.32. The highest BCUT2D eigenvalue weighted by atomic mass is 32.2. The van der Waals surface area contributed by atoms with Crippen LogP contribution in [0.5, 0.6) is 5.75 Å². The van der Waals surface area contributed by atoms with E-state index in [1.807, 2.05) is 31.2 Å². The van der Waals surface area contributed by atoms with Crippen LogP contribution in [0.1, 0.15) is 13.8 Å². The summed E-state index contributed by atoms with van der Waals surface area (Å²) in [7, 11) is 3.32. The number of anilines is 1. The third-order valence-corrected chi connectivity index (χ3v) is 8.96. The summed E-state index contributed by atoms with van der Waals surface area (Å²) in [6.45, 7) is 5.29. The second-order valence-corrected chi connectivity index (χ2v) is 10.5. The number of thiazole rings is 1. The highest BCUT2D eigenvalue weighted by Gasteiger charge is 2.31. The van der Waals surface area contributed by atoms with E-state index in [2.05, 4.69) is 17.9 Å². The van der Waals surface area contributed by atoms with Crippen LogP contribution in [0.25, 0.3) is 11.0 Å². The maximum Gasteiger partial charge on any atom is 0.269 e. The van der Waals surface area contributed by atoms with Crippen molar-refractivity contribution in [2.45, 2.75) is 25.3 Å². The van der Waals surface area contributed by atoms with Crippen molar-refractivity contribution in [1.29, 1.82) is 0 Å². The van der Waals surface area contributed by atoms with E-state index in [0.717, 1.165) is 27.9 Å². The van der Waals surface area contributed by atoms with Gasteiger partial charge in [0, 0.05) is 31.1 Å². The van der Waals surface area contributed by atoms with E-state index in [1.165, 1.54) is 28.0 Å². The van der Waals surface area contributed by atoms with Crippen molar-refractivity contribution in [2.24, 2.45) is 0 Å². The fourth-order valence-electron chi connectivity index (χ4n) is 3.36. The lowest BCUT2D eigenvalue weighted by atomic mass is 10.2. The SMILES string of the molecule is CCN1/C(=C\C=c2sc(=C3SC(=S)N(C)C3=O)n(CC)c2=O)Sc2ccc(OC)cc21. The molecule has 10 heteroatoms. The molecule has 2 aliphatic heterocycles. The molecule has 0 unspecified atom stereocenters. The van der Waals surface area contributed by atoms with Crippen LogP contribution in [-0.4, -0.2) is 40.4 Å². The van der Waals surface area contributed by atoms with Crippen LogP contribution in [0.2, 0.25) is 0 Å². The number of nitrogens with zero attached hydrogens (tertiary/aromatic N) is 3. The zero-order valence-electron chi connectivity index (χ0n) is 17.5. The number of amides is 1. The zero-order valence-corrected chi connectivity index (χ0v) is 20.8. The second kappa shape index (κ2) is 8.85. The molecule has 4 rings (SSSR count). The van der Waals surface area contributed by atoms with Crippen molar-refractivity contribution in [3.05, 3.63) is 48.9 Å². The van der Waals surface area contributed by atoms with Gasteiger partial charge in [-0.05, 0) is 38.1 Å². The highest BCUT2D eigenvalue weighted by Crippen LogP contribution is 2.47. The van der Waals surface area contributed by atoms with Crippen molar-refractivity contribution >= 4 is 74.0 Å². The molecule has 0 atom stereocenters. The molecule has 1 fully saturated rings. The summed E-state index contributed by atoms with van der Waals surface area (Å²) >= 11 is 9.50. The Hall–Kier alpha value is -2.01. The first kappa shape index (κ1) is 22.2. The van der Waals surface area contributed by atoms with Crippen LogP contribution < -0.4 is 24.4 Å². The van der Waals surface area contributed by atoms with E-state index in [0.29, 0.717) is 25.0 Å². The maximum absolute atomic E-state index is 13.0. The molecular formula is C21H21N3O3S4. The minimum absolute atomic E-state index is 0.0917. The van der Waals surface area contributed by atoms with Gasteiger partial charge in [0.1, 0.15) is 19.6 Å². The summed E-state index contributed by atoms with van der Waals surface area (Å²) in [4.78, 5) is 30.9. The molecule has 0 bridgehead atoms. The van der Waals surface area contributed by atoms with Gasteiger partial charge >= 0.3 is 0 Å². The number of thiocarbonyl (C=S) groups is 1. The Morgan fingerprint density at radius 3 is 2.52 bits per heavy atom. The summed E-state index contributed by atoms with van der Waals surface area (Å²) < 4.78 is 8.78. The first-order chi connectivity index (χ1) is 14.9. The molecule has 2 aromatic rings. The Kier molecular flexibility index (Phi) is 6.34. The molecule has 162 valence electrons. The molecule has 0 aliphatic carbocycles. The number of allylic oxidation sites excluding steroid dienone is 1. The van der Waals surface area contributed by atoms with Gasteiger partial charge in [0.15, 0.2) is 0 Å². The largest absolute Gasteiger partial charge is 0.497 e. The van der Waals surface area contributed by atoms with Crippen LogP contribution >= 0.6 is 47.1 Å². The van der Waals surface area contributed by atoms with Crippen molar-refractivity contribution in [1.82, 2.24) is 9.47 Å². The van der Waals surface area contributed by atoms with Crippen LogP contribution in [-0.2, 0) is 11.3 Å². The fourth-order valence-corrected chi connectivity index (χ4v) is 6.92. The molecule has 1 amide bonds. The lowest BCUT2D eigenvalue weighted by molar-refractivity contribution is -0.119. The molecule has 6 nitrogen and oxygen atoms in total. The first-order valence-electron chi connectivity index (χ1n) is 9.68. The number of thioether (sulfide) groups is 2. The van der Waals surface area contributed by atoms with Crippen molar-refractivity contribution in [2.75, 3.05) is 25.6 Å². The van der Waals surface area contributed by atoms with E-state index in [9.17, 15) is 9.59 Å². The molecule has 0 radical (unpaired) electrons. The van der Waals surface area contributed by atoms with E-state index in [-0.39, 0.29) is 11.5 Å². The summed E-state index contributed by atoms with van der Waals surface area (Å²) in [5.74, 6) is 0.659. The van der Waals surface area contributed by atoms with Crippen molar-refractivity contribution in [3.63, 3.8) is 0 Å². The summed E-state index contributed by atoms with van der Waals surface area (Å²) in [6, 6.07) is 6.03. The molecule has 1 saturated heterocycles. The van der Waals surface area contributed by atoms with Crippen LogP contribution in [0.15, 0.2) is 39.0 Å². The Morgan fingerprint density at radius 2 is 1.90 bits per heavy atom. The number of hydrogen-bond donors (Lipinski definition) is 0. The number of rotatable bonds is 4. The third kappa shape index (κ3) is 3.86. The molecule has 0 N–H and O–H groups in total. The third-order valence-electron chi connectivity index (χ3n) is 5.01. The van der Waals surface area contributed by atoms with Crippen LogP contribution in [0.4, 0.5) is 5.69 Å². The predicted octanol–water partition coefficient (Wildman–Crippen LogP) is 2.79. The van der Waals surface area contributed by atoms with Gasteiger partial charge in [0.2, 0.25) is 0 Å². The van der Waals surface area contributed by atoms with Crippen LogP contribution in [0, 0.1) is 0 Å². The Bertz CT molecular complexity index is 1290. The molecule has 1 aromatic heterocycles. The normalized spacial score (nSPS) is 19.7. The van der Waals surface area contributed by atoms with Gasteiger partial charge in [-0.15, -0.1) is 11.3 Å². The average molecular weight is 492 g/mol. The number of ether oxygens (including phenoxy) is 1. The van der Waals surface area contributed by atoms with E-state index in [1.54, 1.807) is 30.5 Å². The summed E-state index contributed by atoms with van der Waals surface area (Å²) in [5, 5.41) is 1.04. The monoisotopic (exact) mass is 491 g/mol. The number of methoxy groups -OCH3 is 1. The van der Waals surface area contributed by atoms with E-state index >= 15 is 0 Å². The molecule has 1 aromatic carbocycles. The van der Waals surface area contributed by atoms with Gasteiger partial charge < -0.3 is 9.64 Å².